The van der Waals surface area contributed by atoms with Crippen LogP contribution >= 0.6 is 0 Å². The zero-order valence-electron chi connectivity index (χ0n) is 10.0. The summed E-state index contributed by atoms with van der Waals surface area (Å²) in [5.41, 5.74) is 5.84. The van der Waals surface area contributed by atoms with Gasteiger partial charge in [0.25, 0.3) is 5.91 Å². The molecule has 1 amide bonds. The normalized spacial score (nSPS) is 23.0. The molecule has 1 fully saturated rings. The molecule has 4 N–H and O–H groups in total. The van der Waals surface area contributed by atoms with Crippen LogP contribution in [0.2, 0.25) is 0 Å². The lowest BCUT2D eigenvalue weighted by atomic mass is 10.0. The molecule has 18 heavy (non-hydrogen) atoms. The van der Waals surface area contributed by atoms with Crippen LogP contribution in [0.1, 0.15) is 29.6 Å². The van der Waals surface area contributed by atoms with E-state index in [-0.39, 0.29) is 23.3 Å². The lowest BCUT2D eigenvalue weighted by Gasteiger charge is -2.16. The van der Waals surface area contributed by atoms with Crippen molar-refractivity contribution >= 4 is 5.91 Å². The van der Waals surface area contributed by atoms with Gasteiger partial charge >= 0.3 is 0 Å². The summed E-state index contributed by atoms with van der Waals surface area (Å²) in [6, 6.07) is 3.61. The van der Waals surface area contributed by atoms with Gasteiger partial charge in [0.1, 0.15) is 11.6 Å². The number of rotatable bonds is 3. The number of phenols is 1. The fourth-order valence-corrected chi connectivity index (χ4v) is 2.33. The number of hydrogen-bond donors (Lipinski definition) is 3. The Morgan fingerprint density at radius 1 is 1.50 bits per heavy atom. The maximum Gasteiger partial charge on any atom is 0.254 e. The first-order chi connectivity index (χ1) is 8.58. The predicted octanol–water partition coefficient (Wildman–Crippen LogP) is 1.39. The van der Waals surface area contributed by atoms with Gasteiger partial charge in [-0.05, 0) is 30.9 Å². The van der Waals surface area contributed by atoms with Gasteiger partial charge in [-0.2, -0.15) is 0 Å². The Balaban J connectivity index is 1.95. The van der Waals surface area contributed by atoms with Crippen LogP contribution in [0.15, 0.2) is 18.2 Å². The minimum Gasteiger partial charge on any atom is -0.508 e. The molecule has 1 saturated carbocycles. The summed E-state index contributed by atoms with van der Waals surface area (Å²) >= 11 is 0. The Morgan fingerprint density at radius 2 is 2.28 bits per heavy atom. The molecule has 0 heterocycles. The Bertz CT molecular complexity index is 451. The van der Waals surface area contributed by atoms with Crippen LogP contribution in [0.4, 0.5) is 4.39 Å². The number of hydrogen-bond acceptors (Lipinski definition) is 3. The summed E-state index contributed by atoms with van der Waals surface area (Å²) in [5, 5.41) is 11.8. The van der Waals surface area contributed by atoms with Gasteiger partial charge in [-0.15, -0.1) is 0 Å². The average Bonchev–Trinajstić information content (AvgIpc) is 2.72. The number of nitrogens with one attached hydrogen (secondary N) is 1. The van der Waals surface area contributed by atoms with Crippen molar-refractivity contribution < 1.29 is 14.3 Å². The highest BCUT2D eigenvalue weighted by atomic mass is 19.1. The van der Waals surface area contributed by atoms with E-state index in [0.717, 1.165) is 25.3 Å². The smallest absolute Gasteiger partial charge is 0.254 e. The van der Waals surface area contributed by atoms with Crippen molar-refractivity contribution in [2.45, 2.75) is 25.3 Å². The third kappa shape index (κ3) is 2.79. The first-order valence-electron chi connectivity index (χ1n) is 6.10. The fraction of sp³-hybridized carbons (Fsp3) is 0.462. The highest BCUT2D eigenvalue weighted by Gasteiger charge is 2.24. The first kappa shape index (κ1) is 12.8. The lowest BCUT2D eigenvalue weighted by Crippen LogP contribution is -2.36. The van der Waals surface area contributed by atoms with Gasteiger partial charge in [0, 0.05) is 18.7 Å². The predicted molar refractivity (Wildman–Crippen MR) is 65.7 cm³/mol. The minimum absolute atomic E-state index is 0.0561. The second-order valence-corrected chi connectivity index (χ2v) is 4.73. The molecule has 1 aromatic carbocycles. The number of nitrogens with two attached hydrogens (primary N) is 1. The van der Waals surface area contributed by atoms with E-state index in [0.29, 0.717) is 6.54 Å². The lowest BCUT2D eigenvalue weighted by molar-refractivity contribution is 0.0942. The van der Waals surface area contributed by atoms with Crippen LogP contribution in [0.3, 0.4) is 0 Å². The minimum atomic E-state index is -0.719. The zero-order valence-corrected chi connectivity index (χ0v) is 10.0. The van der Waals surface area contributed by atoms with E-state index < -0.39 is 11.7 Å². The molecule has 2 rings (SSSR count). The standard InChI is InChI=1S/C13H17FN2O2/c14-11-6-9(17)4-5-10(11)13(18)16-7-8-2-1-3-12(8)15/h4-6,8,12,17H,1-3,7,15H2,(H,16,18). The molecule has 2 unspecified atom stereocenters. The van der Waals surface area contributed by atoms with E-state index in [4.69, 9.17) is 10.8 Å². The van der Waals surface area contributed by atoms with Gasteiger partial charge in [0.05, 0.1) is 5.56 Å². The summed E-state index contributed by atoms with van der Waals surface area (Å²) in [4.78, 5) is 11.8. The maximum atomic E-state index is 13.4. The van der Waals surface area contributed by atoms with Crippen LogP contribution in [-0.4, -0.2) is 23.6 Å². The molecule has 0 saturated heterocycles. The molecule has 2 atom stereocenters. The summed E-state index contributed by atoms with van der Waals surface area (Å²) < 4.78 is 13.4. The number of aromatic hydroxyl groups is 1. The van der Waals surface area contributed by atoms with Gasteiger partial charge < -0.3 is 16.2 Å². The van der Waals surface area contributed by atoms with E-state index in [2.05, 4.69) is 5.32 Å². The van der Waals surface area contributed by atoms with E-state index in [1.807, 2.05) is 0 Å². The Hall–Kier alpha value is -1.62. The van der Waals surface area contributed by atoms with Crippen molar-refractivity contribution in [1.29, 1.82) is 0 Å². The van der Waals surface area contributed by atoms with E-state index >= 15 is 0 Å². The summed E-state index contributed by atoms with van der Waals surface area (Å²) in [5.74, 6) is -1.11. The summed E-state index contributed by atoms with van der Waals surface area (Å²) in [6.45, 7) is 0.473. The average molecular weight is 252 g/mol. The summed E-state index contributed by atoms with van der Waals surface area (Å²) in [6.07, 6.45) is 3.06. The van der Waals surface area contributed by atoms with Gasteiger partial charge in [-0.1, -0.05) is 6.42 Å². The van der Waals surface area contributed by atoms with Crippen molar-refractivity contribution in [2.75, 3.05) is 6.54 Å². The second kappa shape index (κ2) is 5.35. The fourth-order valence-electron chi connectivity index (χ4n) is 2.33. The molecule has 0 bridgehead atoms. The summed E-state index contributed by atoms with van der Waals surface area (Å²) in [7, 11) is 0. The molecule has 0 aromatic heterocycles. The Labute approximate surface area is 105 Å². The molecule has 1 aliphatic carbocycles. The number of halogens is 1. The Morgan fingerprint density at radius 3 is 2.89 bits per heavy atom. The van der Waals surface area contributed by atoms with Crippen LogP contribution < -0.4 is 11.1 Å². The van der Waals surface area contributed by atoms with Crippen molar-refractivity contribution in [1.82, 2.24) is 5.32 Å². The number of phenolic OH excluding ortho intramolecular Hbond substituents is 1. The molecule has 0 aliphatic heterocycles. The largest absolute Gasteiger partial charge is 0.508 e. The van der Waals surface area contributed by atoms with Gasteiger partial charge in [0.2, 0.25) is 0 Å². The van der Waals surface area contributed by atoms with Crippen LogP contribution in [-0.2, 0) is 0 Å². The van der Waals surface area contributed by atoms with Gasteiger partial charge in [-0.25, -0.2) is 4.39 Å². The van der Waals surface area contributed by atoms with Crippen LogP contribution in [0.25, 0.3) is 0 Å². The first-order valence-corrected chi connectivity index (χ1v) is 6.10. The number of carbonyl (C=O) groups is 1. The van der Waals surface area contributed by atoms with Crippen LogP contribution in [0.5, 0.6) is 5.75 Å². The van der Waals surface area contributed by atoms with Crippen molar-refractivity contribution in [3.8, 4) is 5.75 Å². The molecule has 0 radical (unpaired) electrons. The van der Waals surface area contributed by atoms with Crippen molar-refractivity contribution in [2.24, 2.45) is 11.7 Å². The highest BCUT2D eigenvalue weighted by molar-refractivity contribution is 5.94. The third-order valence-electron chi connectivity index (χ3n) is 3.44. The number of benzene rings is 1. The maximum absolute atomic E-state index is 13.4. The van der Waals surface area contributed by atoms with Crippen LogP contribution in [0, 0.1) is 11.7 Å². The molecule has 5 heteroatoms. The topological polar surface area (TPSA) is 75.3 Å². The molecule has 1 aliphatic rings. The van der Waals surface area contributed by atoms with Gasteiger partial charge in [0.15, 0.2) is 0 Å². The molecule has 1 aromatic rings. The van der Waals surface area contributed by atoms with E-state index in [9.17, 15) is 9.18 Å². The quantitative estimate of drug-likeness (QED) is 0.761. The highest BCUT2D eigenvalue weighted by Crippen LogP contribution is 2.23. The molecular weight excluding hydrogens is 235 g/mol. The monoisotopic (exact) mass is 252 g/mol. The van der Waals surface area contributed by atoms with Crippen molar-refractivity contribution in [3.05, 3.63) is 29.6 Å². The molecule has 4 nitrogen and oxygen atoms in total. The number of amides is 1. The number of carbonyl (C=O) groups excluding carboxylic acids is 1. The molecular formula is C13H17FN2O2. The second-order valence-electron chi connectivity index (χ2n) is 4.73. The molecule has 98 valence electrons. The molecule has 0 spiro atoms. The Kier molecular flexibility index (Phi) is 3.81. The third-order valence-corrected chi connectivity index (χ3v) is 3.44. The van der Waals surface area contributed by atoms with Gasteiger partial charge in [-0.3, -0.25) is 4.79 Å². The van der Waals surface area contributed by atoms with E-state index in [1.54, 1.807) is 0 Å². The van der Waals surface area contributed by atoms with Crippen molar-refractivity contribution in [3.63, 3.8) is 0 Å². The van der Waals surface area contributed by atoms with E-state index in [1.165, 1.54) is 12.1 Å². The SMILES string of the molecule is NC1CCCC1CNC(=O)c1ccc(O)cc1F. The zero-order chi connectivity index (χ0) is 13.1.